The van der Waals surface area contributed by atoms with Gasteiger partial charge in [0.05, 0.1) is 13.3 Å². The van der Waals surface area contributed by atoms with Crippen molar-refractivity contribution < 1.29 is 19.1 Å². The lowest BCUT2D eigenvalue weighted by Gasteiger charge is -2.13. The van der Waals surface area contributed by atoms with E-state index in [0.29, 0.717) is 10.6 Å². The van der Waals surface area contributed by atoms with Gasteiger partial charge >= 0.3 is 5.97 Å². The Bertz CT molecular complexity index is 811. The van der Waals surface area contributed by atoms with Gasteiger partial charge in [-0.15, -0.1) is 0 Å². The van der Waals surface area contributed by atoms with Crippen LogP contribution in [-0.2, 0) is 16.6 Å². The van der Waals surface area contributed by atoms with E-state index in [0.717, 1.165) is 16.7 Å². The van der Waals surface area contributed by atoms with Crippen LogP contribution >= 0.6 is 11.6 Å². The second kappa shape index (κ2) is 7.05. The van der Waals surface area contributed by atoms with Crippen molar-refractivity contribution in [3.8, 4) is 5.88 Å². The number of rotatable bonds is 5. The lowest BCUT2D eigenvalue weighted by molar-refractivity contribution is -0.143. The number of methoxy groups -OCH3 is 1. The molecule has 0 fully saturated rings. The molecule has 1 aromatic heterocycles. The molecule has 1 aromatic carbocycles. The van der Waals surface area contributed by atoms with Gasteiger partial charge in [-0.2, -0.15) is 5.10 Å². The van der Waals surface area contributed by atoms with Crippen molar-refractivity contribution in [3.05, 3.63) is 45.1 Å². The zero-order valence-corrected chi connectivity index (χ0v) is 15.0. The summed E-state index contributed by atoms with van der Waals surface area (Å²) in [5, 5.41) is 4.70. The van der Waals surface area contributed by atoms with E-state index in [2.05, 4.69) is 9.84 Å². The summed E-state index contributed by atoms with van der Waals surface area (Å²) in [5.41, 5.74) is 3.30. The maximum atomic E-state index is 12.9. The summed E-state index contributed by atoms with van der Waals surface area (Å²) in [6.45, 7) is 5.27. The lowest BCUT2D eigenvalue weighted by Crippen LogP contribution is -2.16. The fourth-order valence-corrected chi connectivity index (χ4v) is 2.57. The van der Waals surface area contributed by atoms with Gasteiger partial charge in [0.25, 0.3) is 0 Å². The number of hydrogen-bond donors (Lipinski definition) is 0. The highest BCUT2D eigenvalue weighted by atomic mass is 35.5. The van der Waals surface area contributed by atoms with Gasteiger partial charge in [-0.3, -0.25) is 4.79 Å². The first-order valence-corrected chi connectivity index (χ1v) is 7.68. The number of carbonyl (C=O) groups excluding carboxylic acids is 2. The van der Waals surface area contributed by atoms with Crippen molar-refractivity contribution in [2.24, 2.45) is 7.05 Å². The number of hydrogen-bond acceptors (Lipinski definition) is 5. The average molecular weight is 351 g/mol. The summed E-state index contributed by atoms with van der Waals surface area (Å²) >= 11 is 6.24. The van der Waals surface area contributed by atoms with Crippen LogP contribution in [0, 0.1) is 20.8 Å². The van der Waals surface area contributed by atoms with Crippen LogP contribution < -0.4 is 4.74 Å². The van der Waals surface area contributed by atoms with Crippen LogP contribution in [0.3, 0.4) is 0 Å². The molecule has 0 spiro atoms. The Morgan fingerprint density at radius 3 is 2.50 bits per heavy atom. The minimum atomic E-state index is -0.538. The molecule has 2 rings (SSSR count). The highest BCUT2D eigenvalue weighted by Gasteiger charge is 2.23. The summed E-state index contributed by atoms with van der Waals surface area (Å²) in [6, 6.07) is 1.75. The molecule has 2 aromatic rings. The first-order valence-electron chi connectivity index (χ1n) is 7.30. The van der Waals surface area contributed by atoms with E-state index in [4.69, 9.17) is 16.3 Å². The van der Waals surface area contributed by atoms with Gasteiger partial charge in [-0.1, -0.05) is 11.6 Å². The molecule has 0 aliphatic carbocycles. The van der Waals surface area contributed by atoms with Crippen molar-refractivity contribution in [2.75, 3.05) is 13.7 Å². The van der Waals surface area contributed by atoms with E-state index in [-0.39, 0.29) is 23.8 Å². The van der Waals surface area contributed by atoms with Crippen molar-refractivity contribution >= 4 is 23.4 Å². The molecule has 0 saturated carbocycles. The maximum absolute atomic E-state index is 12.9. The van der Waals surface area contributed by atoms with Crippen LogP contribution in [0.4, 0.5) is 0 Å². The Morgan fingerprint density at radius 2 is 1.88 bits per heavy atom. The summed E-state index contributed by atoms with van der Waals surface area (Å²) in [4.78, 5) is 24.2. The number of benzene rings is 1. The van der Waals surface area contributed by atoms with Crippen molar-refractivity contribution in [2.45, 2.75) is 20.8 Å². The zero-order valence-electron chi connectivity index (χ0n) is 14.3. The first kappa shape index (κ1) is 18.0. The number of ether oxygens (including phenoxy) is 2. The highest BCUT2D eigenvalue weighted by molar-refractivity contribution is 6.32. The molecule has 128 valence electrons. The minimum absolute atomic E-state index is 0.218. The molecule has 0 bridgehead atoms. The van der Waals surface area contributed by atoms with Gasteiger partial charge in [0, 0.05) is 17.6 Å². The number of halogens is 1. The average Bonchev–Trinajstić information content (AvgIpc) is 2.94. The summed E-state index contributed by atoms with van der Waals surface area (Å²) < 4.78 is 11.4. The van der Waals surface area contributed by atoms with E-state index in [1.165, 1.54) is 18.0 Å². The zero-order chi connectivity index (χ0) is 18.0. The van der Waals surface area contributed by atoms with Gasteiger partial charge in [-0.05, 0) is 43.5 Å². The first-order chi connectivity index (χ1) is 11.3. The molecular weight excluding hydrogens is 332 g/mol. The third-order valence-corrected chi connectivity index (χ3v) is 4.51. The molecular formula is C17H19ClN2O4. The van der Waals surface area contributed by atoms with E-state index < -0.39 is 5.97 Å². The van der Waals surface area contributed by atoms with Gasteiger partial charge in [0.1, 0.15) is 5.56 Å². The molecule has 0 saturated heterocycles. The Balaban J connectivity index is 2.43. The molecule has 6 nitrogen and oxygen atoms in total. The van der Waals surface area contributed by atoms with Crippen LogP contribution in [-0.4, -0.2) is 35.2 Å². The van der Waals surface area contributed by atoms with Crippen LogP contribution in [0.5, 0.6) is 5.88 Å². The number of esters is 1. The molecule has 7 heteroatoms. The SMILES string of the molecule is COC(=O)COc1c(C(=O)c2cc(C)c(Cl)c(C)c2C)cnn1C. The van der Waals surface area contributed by atoms with Gasteiger partial charge in [0.2, 0.25) is 5.88 Å². The van der Waals surface area contributed by atoms with Crippen LogP contribution in [0.1, 0.15) is 32.6 Å². The molecule has 0 radical (unpaired) electrons. The normalized spacial score (nSPS) is 10.6. The van der Waals surface area contributed by atoms with Crippen molar-refractivity contribution in [3.63, 3.8) is 0 Å². The van der Waals surface area contributed by atoms with Crippen molar-refractivity contribution in [1.82, 2.24) is 9.78 Å². The van der Waals surface area contributed by atoms with E-state index >= 15 is 0 Å². The summed E-state index contributed by atoms with van der Waals surface area (Å²) in [5.74, 6) is -0.553. The quantitative estimate of drug-likeness (QED) is 0.612. The monoisotopic (exact) mass is 350 g/mol. The molecule has 1 heterocycles. The number of ketones is 1. The second-order valence-corrected chi connectivity index (χ2v) is 5.86. The van der Waals surface area contributed by atoms with Gasteiger partial charge < -0.3 is 9.47 Å². The number of carbonyl (C=O) groups is 2. The van der Waals surface area contributed by atoms with E-state index in [9.17, 15) is 9.59 Å². The predicted octanol–water partition coefficient (Wildman–Crippen LogP) is 2.78. The van der Waals surface area contributed by atoms with Crippen LogP contribution in [0.15, 0.2) is 12.3 Å². The minimum Gasteiger partial charge on any atom is -0.466 e. The molecule has 0 N–H and O–H groups in total. The Kier molecular flexibility index (Phi) is 5.29. The second-order valence-electron chi connectivity index (χ2n) is 5.49. The Morgan fingerprint density at radius 1 is 1.21 bits per heavy atom. The largest absolute Gasteiger partial charge is 0.466 e. The summed E-state index contributed by atoms with van der Waals surface area (Å²) in [6.07, 6.45) is 1.42. The van der Waals surface area contributed by atoms with Gasteiger partial charge in [0.15, 0.2) is 12.4 Å². The predicted molar refractivity (Wildman–Crippen MR) is 89.8 cm³/mol. The Labute approximate surface area is 145 Å². The standard InChI is InChI=1S/C17H19ClN2O4/c1-9-6-12(10(2)11(3)15(9)18)16(22)13-7-19-20(4)17(13)24-8-14(21)23-5/h6-7H,8H2,1-5H3. The Hall–Kier alpha value is -2.34. The van der Waals surface area contributed by atoms with Crippen molar-refractivity contribution in [1.29, 1.82) is 0 Å². The number of aryl methyl sites for hydroxylation is 2. The number of nitrogens with zero attached hydrogens (tertiary/aromatic N) is 2. The fraction of sp³-hybridized carbons (Fsp3) is 0.353. The third-order valence-electron chi connectivity index (χ3n) is 3.93. The summed E-state index contributed by atoms with van der Waals surface area (Å²) in [7, 11) is 2.90. The molecule has 0 amide bonds. The maximum Gasteiger partial charge on any atom is 0.343 e. The number of aromatic nitrogens is 2. The smallest absolute Gasteiger partial charge is 0.343 e. The molecule has 0 atom stereocenters. The topological polar surface area (TPSA) is 70.4 Å². The molecule has 0 unspecified atom stereocenters. The fourth-order valence-electron chi connectivity index (χ4n) is 2.37. The lowest BCUT2D eigenvalue weighted by atomic mass is 9.95. The van der Waals surface area contributed by atoms with Crippen LogP contribution in [0.25, 0.3) is 0 Å². The molecule has 0 aliphatic rings. The molecule has 0 aliphatic heterocycles. The van der Waals surface area contributed by atoms with E-state index in [1.807, 2.05) is 20.8 Å². The van der Waals surface area contributed by atoms with E-state index in [1.54, 1.807) is 13.1 Å². The third kappa shape index (κ3) is 3.28. The highest BCUT2D eigenvalue weighted by Crippen LogP contribution is 2.29. The van der Waals surface area contributed by atoms with Gasteiger partial charge in [-0.25, -0.2) is 9.48 Å². The molecule has 24 heavy (non-hydrogen) atoms. The van der Waals surface area contributed by atoms with Crippen LogP contribution in [0.2, 0.25) is 5.02 Å².